The number of anilines is 1. The molecule has 6 nitrogen and oxygen atoms in total. The van der Waals surface area contributed by atoms with Crippen LogP contribution in [0.1, 0.15) is 34.6 Å². The fourth-order valence-electron chi connectivity index (χ4n) is 3.64. The van der Waals surface area contributed by atoms with Gasteiger partial charge in [-0.3, -0.25) is 9.59 Å². The van der Waals surface area contributed by atoms with E-state index in [0.29, 0.717) is 33.1 Å². The number of hydrogen-bond donors (Lipinski definition) is 2. The van der Waals surface area contributed by atoms with Crippen molar-refractivity contribution < 1.29 is 14.7 Å². The molecule has 186 valence electrons. The monoisotopic (exact) mass is 533 g/mol. The minimum absolute atomic E-state index is 0.118. The number of aromatic nitrogens is 1. The van der Waals surface area contributed by atoms with E-state index in [0.717, 1.165) is 28.1 Å². The molecule has 1 atom stereocenters. The molecule has 0 saturated heterocycles. The first-order valence-electron chi connectivity index (χ1n) is 11.3. The largest absolute Gasteiger partial charge is 0.481 e. The Morgan fingerprint density at radius 3 is 2.46 bits per heavy atom. The molecule has 1 heterocycles. The van der Waals surface area contributed by atoms with Gasteiger partial charge in [-0.1, -0.05) is 55.2 Å². The van der Waals surface area contributed by atoms with Crippen molar-refractivity contribution >= 4 is 51.5 Å². The maximum atomic E-state index is 12.3. The van der Waals surface area contributed by atoms with Crippen molar-refractivity contribution in [1.82, 2.24) is 9.88 Å². The number of aliphatic carboxylic acids is 1. The van der Waals surface area contributed by atoms with Crippen molar-refractivity contribution in [2.24, 2.45) is 11.8 Å². The van der Waals surface area contributed by atoms with Crippen molar-refractivity contribution in [3.63, 3.8) is 0 Å². The van der Waals surface area contributed by atoms with Crippen LogP contribution in [0.25, 0.3) is 11.3 Å². The second kappa shape index (κ2) is 11.9. The fraction of sp³-hybridized carbons (Fsp3) is 0.346. The Kier molecular flexibility index (Phi) is 9.16. The first-order valence-corrected chi connectivity index (χ1v) is 12.8. The SMILES string of the molecule is CC(C)Cc1sc(NCC(Cc2cccc(C(=O)N(C)C)c2)C(=O)O)nc1-c1ccc(Cl)c(Cl)c1. The van der Waals surface area contributed by atoms with Crippen LogP contribution < -0.4 is 5.32 Å². The normalized spacial score (nSPS) is 12.0. The summed E-state index contributed by atoms with van der Waals surface area (Å²) < 4.78 is 0. The number of nitrogens with zero attached hydrogens (tertiary/aromatic N) is 2. The van der Waals surface area contributed by atoms with Crippen LogP contribution in [-0.2, 0) is 17.6 Å². The average molecular weight is 535 g/mol. The lowest BCUT2D eigenvalue weighted by Crippen LogP contribution is -2.25. The Bertz CT molecular complexity index is 1210. The van der Waals surface area contributed by atoms with Gasteiger partial charge in [0.15, 0.2) is 5.13 Å². The topological polar surface area (TPSA) is 82.5 Å². The molecule has 0 spiro atoms. The van der Waals surface area contributed by atoms with E-state index in [1.165, 1.54) is 16.2 Å². The summed E-state index contributed by atoms with van der Waals surface area (Å²) in [4.78, 5) is 31.6. The summed E-state index contributed by atoms with van der Waals surface area (Å²) in [5.74, 6) is -1.29. The van der Waals surface area contributed by atoms with Gasteiger partial charge in [0, 0.05) is 36.6 Å². The molecule has 0 bridgehead atoms. The second-order valence-corrected chi connectivity index (χ2v) is 10.9. The van der Waals surface area contributed by atoms with E-state index in [1.54, 1.807) is 44.4 Å². The molecule has 1 amide bonds. The number of benzene rings is 2. The van der Waals surface area contributed by atoms with Crippen molar-refractivity contribution in [3.05, 3.63) is 68.5 Å². The first-order chi connectivity index (χ1) is 16.5. The van der Waals surface area contributed by atoms with Crippen molar-refractivity contribution in [3.8, 4) is 11.3 Å². The first kappa shape index (κ1) is 27.0. The van der Waals surface area contributed by atoms with Crippen LogP contribution >= 0.6 is 34.5 Å². The quantitative estimate of drug-likeness (QED) is 0.316. The number of carboxylic acids is 1. The predicted molar refractivity (Wildman–Crippen MR) is 144 cm³/mol. The van der Waals surface area contributed by atoms with Gasteiger partial charge in [-0.15, -0.1) is 11.3 Å². The van der Waals surface area contributed by atoms with Gasteiger partial charge in [0.2, 0.25) is 0 Å². The van der Waals surface area contributed by atoms with Crippen LogP contribution in [0.2, 0.25) is 10.0 Å². The summed E-state index contributed by atoms with van der Waals surface area (Å²) in [5, 5.41) is 14.7. The van der Waals surface area contributed by atoms with Gasteiger partial charge in [0.25, 0.3) is 5.91 Å². The highest BCUT2D eigenvalue weighted by atomic mass is 35.5. The minimum atomic E-state index is -0.912. The van der Waals surface area contributed by atoms with Gasteiger partial charge in [0.1, 0.15) is 0 Å². The molecule has 1 aromatic heterocycles. The van der Waals surface area contributed by atoms with E-state index >= 15 is 0 Å². The zero-order chi connectivity index (χ0) is 25.7. The number of hydrogen-bond acceptors (Lipinski definition) is 5. The molecule has 3 aromatic rings. The highest BCUT2D eigenvalue weighted by Gasteiger charge is 2.21. The number of thiazole rings is 1. The Hall–Kier alpha value is -2.61. The number of rotatable bonds is 10. The summed E-state index contributed by atoms with van der Waals surface area (Å²) in [5.41, 5.74) is 3.03. The Balaban J connectivity index is 1.79. The molecule has 0 aliphatic rings. The van der Waals surface area contributed by atoms with Gasteiger partial charge in [-0.05, 0) is 48.6 Å². The lowest BCUT2D eigenvalue weighted by molar-refractivity contribution is -0.141. The van der Waals surface area contributed by atoms with Gasteiger partial charge in [-0.25, -0.2) is 4.98 Å². The molecule has 35 heavy (non-hydrogen) atoms. The number of nitrogens with one attached hydrogen (secondary N) is 1. The second-order valence-electron chi connectivity index (χ2n) is 9.04. The van der Waals surface area contributed by atoms with Crippen molar-refractivity contribution in [2.75, 3.05) is 26.0 Å². The molecule has 1 unspecified atom stereocenters. The molecule has 2 aromatic carbocycles. The summed E-state index contributed by atoms with van der Waals surface area (Å²) in [6.45, 7) is 4.48. The van der Waals surface area contributed by atoms with E-state index < -0.39 is 11.9 Å². The van der Waals surface area contributed by atoms with Crippen LogP contribution in [0.3, 0.4) is 0 Å². The minimum Gasteiger partial charge on any atom is -0.481 e. The van der Waals surface area contributed by atoms with Gasteiger partial charge < -0.3 is 15.3 Å². The van der Waals surface area contributed by atoms with Crippen LogP contribution in [0.15, 0.2) is 42.5 Å². The lowest BCUT2D eigenvalue weighted by Gasteiger charge is -2.15. The standard InChI is InChI=1S/C26H29Cl2N3O3S/c1-15(2)10-22-23(17-8-9-20(27)21(28)13-17)30-26(35-22)29-14-19(25(33)34)12-16-6-5-7-18(11-16)24(32)31(3)4/h5-9,11,13,15,19H,10,12,14H2,1-4H3,(H,29,30)(H,33,34). The van der Waals surface area contributed by atoms with E-state index in [2.05, 4.69) is 19.2 Å². The van der Waals surface area contributed by atoms with Crippen LogP contribution in [0.5, 0.6) is 0 Å². The zero-order valence-corrected chi connectivity index (χ0v) is 22.5. The summed E-state index contributed by atoms with van der Waals surface area (Å²) >= 11 is 13.8. The number of amides is 1. The number of halogens is 2. The molecule has 0 radical (unpaired) electrons. The third-order valence-electron chi connectivity index (χ3n) is 5.40. The summed E-state index contributed by atoms with van der Waals surface area (Å²) in [6, 6.07) is 12.5. The maximum absolute atomic E-state index is 12.3. The molecule has 0 fully saturated rings. The van der Waals surface area contributed by atoms with Crippen LogP contribution in [0, 0.1) is 11.8 Å². The molecule has 0 saturated carbocycles. The maximum Gasteiger partial charge on any atom is 0.308 e. The van der Waals surface area contributed by atoms with E-state index in [9.17, 15) is 14.7 Å². The van der Waals surface area contributed by atoms with Crippen molar-refractivity contribution in [1.29, 1.82) is 0 Å². The number of carbonyl (C=O) groups is 2. The van der Waals surface area contributed by atoms with E-state index in [1.807, 2.05) is 12.1 Å². The van der Waals surface area contributed by atoms with E-state index in [4.69, 9.17) is 28.2 Å². The van der Waals surface area contributed by atoms with Gasteiger partial charge in [-0.2, -0.15) is 0 Å². The predicted octanol–water partition coefficient (Wildman–Crippen LogP) is 6.37. The fourth-order valence-corrected chi connectivity index (χ4v) is 5.14. The Morgan fingerprint density at radius 1 is 1.09 bits per heavy atom. The Labute approximate surface area is 219 Å². The molecule has 0 aliphatic heterocycles. The van der Waals surface area contributed by atoms with Gasteiger partial charge >= 0.3 is 5.97 Å². The molecular weight excluding hydrogens is 505 g/mol. The van der Waals surface area contributed by atoms with E-state index in [-0.39, 0.29) is 12.5 Å². The molecule has 2 N–H and O–H groups in total. The lowest BCUT2D eigenvalue weighted by atomic mass is 9.97. The third-order valence-corrected chi connectivity index (χ3v) is 7.17. The third kappa shape index (κ3) is 7.19. The van der Waals surface area contributed by atoms with Crippen molar-refractivity contribution in [2.45, 2.75) is 26.7 Å². The Morgan fingerprint density at radius 2 is 1.83 bits per heavy atom. The highest BCUT2D eigenvalue weighted by Crippen LogP contribution is 2.35. The van der Waals surface area contributed by atoms with Crippen LogP contribution in [-0.4, -0.2) is 47.5 Å². The summed E-state index contributed by atoms with van der Waals surface area (Å²) in [6.07, 6.45) is 1.13. The average Bonchev–Trinajstić information content (AvgIpc) is 3.19. The molecule has 0 aliphatic carbocycles. The number of carboxylic acid groups (broad SMARTS) is 1. The van der Waals surface area contributed by atoms with Gasteiger partial charge in [0.05, 0.1) is 21.7 Å². The molecular formula is C26H29Cl2N3O3S. The zero-order valence-electron chi connectivity index (χ0n) is 20.1. The highest BCUT2D eigenvalue weighted by molar-refractivity contribution is 7.16. The van der Waals surface area contributed by atoms with Crippen LogP contribution in [0.4, 0.5) is 5.13 Å². The molecule has 9 heteroatoms. The summed E-state index contributed by atoms with van der Waals surface area (Å²) in [7, 11) is 3.37. The smallest absolute Gasteiger partial charge is 0.308 e. The molecule has 3 rings (SSSR count). The number of carbonyl (C=O) groups excluding carboxylic acids is 1.